The molecule has 1 heterocycles. The highest BCUT2D eigenvalue weighted by atomic mass is 32.1. The topological polar surface area (TPSA) is 66.6 Å². The van der Waals surface area contributed by atoms with E-state index in [4.69, 9.17) is 5.11 Å². The summed E-state index contributed by atoms with van der Waals surface area (Å²) in [6.07, 6.45) is 2.35. The van der Waals surface area contributed by atoms with Crippen molar-refractivity contribution in [2.45, 2.75) is 25.4 Å². The summed E-state index contributed by atoms with van der Waals surface area (Å²) >= 11 is 1.16. The van der Waals surface area contributed by atoms with Crippen molar-refractivity contribution in [2.75, 3.05) is 13.2 Å². The SMILES string of the molecule is O=[N+]([O-])c1cc(CN(CCO)C2CC2)cs1. The van der Waals surface area contributed by atoms with Crippen LogP contribution in [0.15, 0.2) is 11.4 Å². The number of nitrogens with zero attached hydrogens (tertiary/aromatic N) is 2. The van der Waals surface area contributed by atoms with Gasteiger partial charge in [-0.3, -0.25) is 15.0 Å². The highest BCUT2D eigenvalue weighted by molar-refractivity contribution is 7.13. The highest BCUT2D eigenvalue weighted by Crippen LogP contribution is 2.30. The van der Waals surface area contributed by atoms with Crippen LogP contribution in [0.4, 0.5) is 5.00 Å². The van der Waals surface area contributed by atoms with Crippen LogP contribution in [0.5, 0.6) is 0 Å². The third kappa shape index (κ3) is 2.78. The molecule has 2 rings (SSSR count). The van der Waals surface area contributed by atoms with Crippen LogP contribution in [-0.4, -0.2) is 34.1 Å². The van der Waals surface area contributed by atoms with Crippen molar-refractivity contribution in [2.24, 2.45) is 0 Å². The van der Waals surface area contributed by atoms with E-state index in [1.54, 1.807) is 6.07 Å². The van der Waals surface area contributed by atoms with Gasteiger partial charge in [-0.15, -0.1) is 0 Å². The summed E-state index contributed by atoms with van der Waals surface area (Å²) in [6, 6.07) is 2.18. The first-order valence-corrected chi connectivity index (χ1v) is 6.15. The predicted octanol–water partition coefficient (Wildman–Crippen LogP) is 1.61. The van der Waals surface area contributed by atoms with Gasteiger partial charge in [0.2, 0.25) is 0 Å². The molecule has 0 amide bonds. The Morgan fingerprint density at radius 2 is 2.38 bits per heavy atom. The maximum absolute atomic E-state index is 10.5. The Kier molecular flexibility index (Phi) is 3.52. The Labute approximate surface area is 97.5 Å². The second-order valence-electron chi connectivity index (χ2n) is 3.98. The van der Waals surface area contributed by atoms with E-state index in [-0.39, 0.29) is 16.5 Å². The lowest BCUT2D eigenvalue weighted by Gasteiger charge is -2.19. The van der Waals surface area contributed by atoms with Crippen molar-refractivity contribution >= 4 is 16.3 Å². The van der Waals surface area contributed by atoms with Gasteiger partial charge in [0.05, 0.1) is 11.5 Å². The van der Waals surface area contributed by atoms with Gasteiger partial charge in [0.15, 0.2) is 0 Å². The van der Waals surface area contributed by atoms with Gasteiger partial charge in [0.1, 0.15) is 0 Å². The Bertz CT molecular complexity index is 376. The lowest BCUT2D eigenvalue weighted by atomic mass is 10.3. The summed E-state index contributed by atoms with van der Waals surface area (Å²) in [5, 5.41) is 21.5. The molecule has 5 nitrogen and oxygen atoms in total. The molecular formula is C10H14N2O3S. The minimum atomic E-state index is -0.359. The van der Waals surface area contributed by atoms with Crippen molar-refractivity contribution in [3.05, 3.63) is 27.1 Å². The van der Waals surface area contributed by atoms with Crippen molar-refractivity contribution in [1.29, 1.82) is 0 Å². The van der Waals surface area contributed by atoms with E-state index in [1.807, 2.05) is 5.38 Å². The number of rotatable bonds is 6. The fraction of sp³-hybridized carbons (Fsp3) is 0.600. The Balaban J connectivity index is 1.97. The first kappa shape index (κ1) is 11.5. The van der Waals surface area contributed by atoms with Gasteiger partial charge in [-0.1, -0.05) is 11.3 Å². The van der Waals surface area contributed by atoms with Gasteiger partial charge in [-0.2, -0.15) is 0 Å². The number of thiophene rings is 1. The summed E-state index contributed by atoms with van der Waals surface area (Å²) < 4.78 is 0. The van der Waals surface area contributed by atoms with Gasteiger partial charge in [0, 0.05) is 30.6 Å². The van der Waals surface area contributed by atoms with Crippen molar-refractivity contribution < 1.29 is 10.0 Å². The minimum Gasteiger partial charge on any atom is -0.395 e. The third-order valence-electron chi connectivity index (χ3n) is 2.66. The van der Waals surface area contributed by atoms with Crippen LogP contribution >= 0.6 is 11.3 Å². The molecule has 0 atom stereocenters. The summed E-state index contributed by atoms with van der Waals surface area (Å²) in [4.78, 5) is 12.4. The Morgan fingerprint density at radius 1 is 1.62 bits per heavy atom. The smallest absolute Gasteiger partial charge is 0.324 e. The van der Waals surface area contributed by atoms with Crippen molar-refractivity contribution in [3.8, 4) is 0 Å². The standard InChI is InChI=1S/C10H14N2O3S/c13-4-3-11(9-1-2-9)6-8-5-10(12(14)15)16-7-8/h5,7,9,13H,1-4,6H2. The monoisotopic (exact) mass is 242 g/mol. The van der Waals surface area contributed by atoms with Gasteiger partial charge in [-0.25, -0.2) is 0 Å². The molecule has 1 aromatic rings. The number of aliphatic hydroxyl groups is 1. The molecule has 0 aromatic carbocycles. The van der Waals surface area contributed by atoms with Crippen LogP contribution in [0.1, 0.15) is 18.4 Å². The molecule has 1 saturated carbocycles. The molecule has 1 fully saturated rings. The molecule has 88 valence electrons. The predicted molar refractivity (Wildman–Crippen MR) is 61.5 cm³/mol. The van der Waals surface area contributed by atoms with Gasteiger partial charge in [0.25, 0.3) is 0 Å². The molecule has 0 saturated heterocycles. The molecule has 1 N–H and O–H groups in total. The van der Waals surface area contributed by atoms with Crippen LogP contribution in [0, 0.1) is 10.1 Å². The average Bonchev–Trinajstić information content (AvgIpc) is 2.98. The van der Waals surface area contributed by atoms with Crippen molar-refractivity contribution in [3.63, 3.8) is 0 Å². The molecule has 0 spiro atoms. The molecule has 1 aliphatic rings. The lowest BCUT2D eigenvalue weighted by Crippen LogP contribution is -2.28. The molecule has 0 radical (unpaired) electrons. The number of aliphatic hydroxyl groups excluding tert-OH is 1. The molecule has 0 bridgehead atoms. The zero-order valence-corrected chi connectivity index (χ0v) is 9.65. The van der Waals surface area contributed by atoms with Crippen LogP contribution in [0.3, 0.4) is 0 Å². The number of hydrogen-bond donors (Lipinski definition) is 1. The lowest BCUT2D eigenvalue weighted by molar-refractivity contribution is -0.380. The van der Waals surface area contributed by atoms with E-state index in [0.717, 1.165) is 16.9 Å². The van der Waals surface area contributed by atoms with Crippen LogP contribution in [0.25, 0.3) is 0 Å². The highest BCUT2D eigenvalue weighted by Gasteiger charge is 2.28. The number of nitro groups is 1. The largest absolute Gasteiger partial charge is 0.395 e. The summed E-state index contributed by atoms with van der Waals surface area (Å²) in [6.45, 7) is 1.49. The second-order valence-corrected chi connectivity index (χ2v) is 4.87. The van der Waals surface area contributed by atoms with E-state index >= 15 is 0 Å². The summed E-state index contributed by atoms with van der Waals surface area (Å²) in [5.74, 6) is 0. The first-order valence-electron chi connectivity index (χ1n) is 5.27. The fourth-order valence-electron chi connectivity index (χ4n) is 1.73. The quantitative estimate of drug-likeness (QED) is 0.608. The zero-order chi connectivity index (χ0) is 11.5. The molecular weight excluding hydrogens is 228 g/mol. The van der Waals surface area contributed by atoms with E-state index < -0.39 is 0 Å². The maximum Gasteiger partial charge on any atom is 0.324 e. The molecule has 0 aliphatic heterocycles. The average molecular weight is 242 g/mol. The molecule has 1 aromatic heterocycles. The fourth-order valence-corrected chi connectivity index (χ4v) is 2.45. The second kappa shape index (κ2) is 4.90. The summed E-state index contributed by atoms with van der Waals surface area (Å²) in [7, 11) is 0. The van der Waals surface area contributed by atoms with Crippen LogP contribution in [-0.2, 0) is 6.54 Å². The maximum atomic E-state index is 10.5. The first-order chi connectivity index (χ1) is 7.70. The van der Waals surface area contributed by atoms with Crippen LogP contribution in [0.2, 0.25) is 0 Å². The Morgan fingerprint density at radius 3 is 2.88 bits per heavy atom. The molecule has 1 aliphatic carbocycles. The van der Waals surface area contributed by atoms with Gasteiger partial charge in [-0.05, 0) is 18.4 Å². The van der Waals surface area contributed by atoms with Crippen molar-refractivity contribution in [1.82, 2.24) is 4.90 Å². The van der Waals surface area contributed by atoms with Crippen LogP contribution < -0.4 is 0 Å². The zero-order valence-electron chi connectivity index (χ0n) is 8.83. The van der Waals surface area contributed by atoms with Gasteiger partial charge >= 0.3 is 5.00 Å². The van der Waals surface area contributed by atoms with E-state index in [1.165, 1.54) is 12.8 Å². The Hall–Kier alpha value is -0.980. The van der Waals surface area contributed by atoms with E-state index in [0.29, 0.717) is 19.1 Å². The molecule has 6 heteroatoms. The van der Waals surface area contributed by atoms with Gasteiger partial charge < -0.3 is 5.11 Å². The van der Waals surface area contributed by atoms with E-state index in [2.05, 4.69) is 4.90 Å². The normalized spacial score (nSPS) is 15.6. The molecule has 0 unspecified atom stereocenters. The number of hydrogen-bond acceptors (Lipinski definition) is 5. The molecule has 16 heavy (non-hydrogen) atoms. The summed E-state index contributed by atoms with van der Waals surface area (Å²) in [5.41, 5.74) is 0.969. The van der Waals surface area contributed by atoms with E-state index in [9.17, 15) is 10.1 Å². The third-order valence-corrected chi connectivity index (χ3v) is 3.59. The minimum absolute atomic E-state index is 0.142.